The van der Waals surface area contributed by atoms with E-state index in [1.54, 1.807) is 0 Å². The molecule has 0 saturated heterocycles. The molecule has 0 saturated carbocycles. The van der Waals surface area contributed by atoms with Crippen LogP contribution in [0.25, 0.3) is 0 Å². The molecule has 2 rings (SSSR count). The SMILES string of the molecule is CCCCCCC(C)(c1ccn(C)c1)c1cccn1C. The first-order valence-electron chi connectivity index (χ1n) is 7.82. The summed E-state index contributed by atoms with van der Waals surface area (Å²) >= 11 is 0. The highest BCUT2D eigenvalue weighted by Gasteiger charge is 2.31. The Labute approximate surface area is 123 Å². The lowest BCUT2D eigenvalue weighted by atomic mass is 9.76. The predicted molar refractivity (Wildman–Crippen MR) is 86.0 cm³/mol. The molecule has 2 heterocycles. The van der Waals surface area contributed by atoms with Gasteiger partial charge in [-0.05, 0) is 37.1 Å². The molecule has 2 nitrogen and oxygen atoms in total. The molecule has 0 aliphatic rings. The van der Waals surface area contributed by atoms with E-state index in [0.29, 0.717) is 0 Å². The first-order valence-corrected chi connectivity index (χ1v) is 7.82. The van der Waals surface area contributed by atoms with Crippen LogP contribution in [-0.4, -0.2) is 9.13 Å². The van der Waals surface area contributed by atoms with Gasteiger partial charge in [0, 0.05) is 43.8 Å². The van der Waals surface area contributed by atoms with Crippen molar-refractivity contribution in [3.8, 4) is 0 Å². The van der Waals surface area contributed by atoms with E-state index in [4.69, 9.17) is 0 Å². The maximum Gasteiger partial charge on any atom is 0.0342 e. The van der Waals surface area contributed by atoms with Crippen LogP contribution in [0.4, 0.5) is 0 Å². The number of nitrogens with zero attached hydrogens (tertiary/aromatic N) is 2. The van der Waals surface area contributed by atoms with Crippen molar-refractivity contribution in [1.82, 2.24) is 9.13 Å². The molecule has 2 aromatic rings. The topological polar surface area (TPSA) is 9.86 Å². The van der Waals surface area contributed by atoms with E-state index in [9.17, 15) is 0 Å². The number of aryl methyl sites for hydroxylation is 2. The van der Waals surface area contributed by atoms with Crippen LogP contribution in [0.15, 0.2) is 36.8 Å². The van der Waals surface area contributed by atoms with Crippen LogP contribution in [0.2, 0.25) is 0 Å². The first kappa shape index (κ1) is 15.0. The molecule has 0 amide bonds. The Balaban J connectivity index is 2.26. The summed E-state index contributed by atoms with van der Waals surface area (Å²) in [5, 5.41) is 0. The quantitative estimate of drug-likeness (QED) is 0.650. The molecule has 0 N–H and O–H groups in total. The number of hydrogen-bond acceptors (Lipinski definition) is 0. The molecule has 0 radical (unpaired) electrons. The fourth-order valence-electron chi connectivity index (χ4n) is 3.19. The van der Waals surface area contributed by atoms with Crippen molar-refractivity contribution in [3.63, 3.8) is 0 Å². The minimum Gasteiger partial charge on any atom is -0.357 e. The lowest BCUT2D eigenvalue weighted by Gasteiger charge is -2.30. The van der Waals surface area contributed by atoms with E-state index in [1.807, 2.05) is 0 Å². The Morgan fingerprint density at radius 3 is 2.40 bits per heavy atom. The lowest BCUT2D eigenvalue weighted by Crippen LogP contribution is -2.26. The van der Waals surface area contributed by atoms with E-state index in [2.05, 4.69) is 73.9 Å². The van der Waals surface area contributed by atoms with Gasteiger partial charge in [0.25, 0.3) is 0 Å². The summed E-state index contributed by atoms with van der Waals surface area (Å²) in [4.78, 5) is 0. The van der Waals surface area contributed by atoms with E-state index in [0.717, 1.165) is 0 Å². The number of unbranched alkanes of at least 4 members (excludes halogenated alkanes) is 3. The van der Waals surface area contributed by atoms with E-state index < -0.39 is 0 Å². The molecule has 0 fully saturated rings. The molecule has 110 valence electrons. The average molecular weight is 272 g/mol. The van der Waals surface area contributed by atoms with Crippen molar-refractivity contribution in [2.75, 3.05) is 0 Å². The maximum absolute atomic E-state index is 2.39. The molecule has 0 aliphatic heterocycles. The summed E-state index contributed by atoms with van der Waals surface area (Å²) in [6, 6.07) is 6.70. The van der Waals surface area contributed by atoms with Crippen molar-refractivity contribution < 1.29 is 0 Å². The third-order valence-electron chi connectivity index (χ3n) is 4.51. The van der Waals surface area contributed by atoms with Gasteiger partial charge < -0.3 is 9.13 Å². The van der Waals surface area contributed by atoms with Crippen molar-refractivity contribution in [1.29, 1.82) is 0 Å². The van der Waals surface area contributed by atoms with E-state index in [-0.39, 0.29) is 5.41 Å². The average Bonchev–Trinajstić information content (AvgIpc) is 3.04. The summed E-state index contributed by atoms with van der Waals surface area (Å²) in [6.07, 6.45) is 13.1. The molecular weight excluding hydrogens is 244 g/mol. The van der Waals surface area contributed by atoms with Gasteiger partial charge in [-0.15, -0.1) is 0 Å². The highest BCUT2D eigenvalue weighted by atomic mass is 14.9. The smallest absolute Gasteiger partial charge is 0.0342 e. The van der Waals surface area contributed by atoms with E-state index >= 15 is 0 Å². The van der Waals surface area contributed by atoms with Gasteiger partial charge >= 0.3 is 0 Å². The Hall–Kier alpha value is -1.44. The van der Waals surface area contributed by atoms with Crippen LogP contribution in [0.1, 0.15) is 57.2 Å². The Morgan fingerprint density at radius 2 is 1.85 bits per heavy atom. The van der Waals surface area contributed by atoms with Crippen LogP contribution in [0, 0.1) is 0 Å². The highest BCUT2D eigenvalue weighted by Crippen LogP contribution is 2.37. The Morgan fingerprint density at radius 1 is 1.05 bits per heavy atom. The van der Waals surface area contributed by atoms with Gasteiger partial charge in [0.2, 0.25) is 0 Å². The van der Waals surface area contributed by atoms with Crippen LogP contribution in [-0.2, 0) is 19.5 Å². The minimum atomic E-state index is 0.118. The molecule has 1 unspecified atom stereocenters. The maximum atomic E-state index is 2.39. The van der Waals surface area contributed by atoms with Crippen molar-refractivity contribution in [3.05, 3.63) is 48.0 Å². The van der Waals surface area contributed by atoms with Crippen molar-refractivity contribution in [2.45, 2.75) is 51.4 Å². The van der Waals surface area contributed by atoms with Gasteiger partial charge in [-0.1, -0.05) is 32.6 Å². The second-order valence-electron chi connectivity index (χ2n) is 6.21. The van der Waals surface area contributed by atoms with Gasteiger partial charge in [0.1, 0.15) is 0 Å². The van der Waals surface area contributed by atoms with Crippen LogP contribution >= 0.6 is 0 Å². The highest BCUT2D eigenvalue weighted by molar-refractivity contribution is 5.34. The fraction of sp³-hybridized carbons (Fsp3) is 0.556. The predicted octanol–water partition coefficient (Wildman–Crippen LogP) is 4.64. The van der Waals surface area contributed by atoms with Gasteiger partial charge in [-0.2, -0.15) is 0 Å². The van der Waals surface area contributed by atoms with Gasteiger partial charge in [-0.3, -0.25) is 0 Å². The Bertz CT molecular complexity index is 535. The fourth-order valence-corrected chi connectivity index (χ4v) is 3.19. The molecule has 2 aromatic heterocycles. The summed E-state index contributed by atoms with van der Waals surface area (Å²) in [5.74, 6) is 0. The van der Waals surface area contributed by atoms with E-state index in [1.165, 1.54) is 43.4 Å². The molecule has 0 spiro atoms. The molecule has 20 heavy (non-hydrogen) atoms. The molecular formula is C18H28N2. The molecule has 0 aromatic carbocycles. The monoisotopic (exact) mass is 272 g/mol. The standard InChI is InChI=1S/C18H28N2/c1-5-6-7-8-12-18(2,16-11-14-19(3)15-16)17-10-9-13-20(17)4/h9-11,13-15H,5-8,12H2,1-4H3. The number of hydrogen-bond donors (Lipinski definition) is 0. The van der Waals surface area contributed by atoms with Crippen LogP contribution in [0.3, 0.4) is 0 Å². The zero-order valence-electron chi connectivity index (χ0n) is 13.4. The second kappa shape index (κ2) is 6.34. The van der Waals surface area contributed by atoms with Gasteiger partial charge in [0.15, 0.2) is 0 Å². The largest absolute Gasteiger partial charge is 0.357 e. The third-order valence-corrected chi connectivity index (χ3v) is 4.51. The van der Waals surface area contributed by atoms with Crippen LogP contribution < -0.4 is 0 Å². The summed E-state index contributed by atoms with van der Waals surface area (Å²) in [6.45, 7) is 4.66. The second-order valence-corrected chi connectivity index (χ2v) is 6.21. The molecule has 0 bridgehead atoms. The zero-order chi connectivity index (χ0) is 14.6. The number of rotatable bonds is 7. The van der Waals surface area contributed by atoms with Crippen LogP contribution in [0.5, 0.6) is 0 Å². The number of aromatic nitrogens is 2. The lowest BCUT2D eigenvalue weighted by molar-refractivity contribution is 0.454. The summed E-state index contributed by atoms with van der Waals surface area (Å²) < 4.78 is 4.43. The summed E-state index contributed by atoms with van der Waals surface area (Å²) in [7, 11) is 4.26. The van der Waals surface area contributed by atoms with Crippen molar-refractivity contribution in [2.24, 2.45) is 14.1 Å². The third kappa shape index (κ3) is 3.00. The van der Waals surface area contributed by atoms with Gasteiger partial charge in [-0.25, -0.2) is 0 Å². The molecule has 1 atom stereocenters. The van der Waals surface area contributed by atoms with Crippen molar-refractivity contribution >= 4 is 0 Å². The molecule has 0 aliphatic carbocycles. The normalized spacial score (nSPS) is 14.4. The summed E-state index contributed by atoms with van der Waals surface area (Å²) in [5.41, 5.74) is 2.96. The minimum absolute atomic E-state index is 0.118. The zero-order valence-corrected chi connectivity index (χ0v) is 13.4. The Kier molecular flexibility index (Phi) is 4.74. The molecule has 2 heteroatoms. The first-order chi connectivity index (χ1) is 9.58. The van der Waals surface area contributed by atoms with Gasteiger partial charge in [0.05, 0.1) is 0 Å².